The van der Waals surface area contributed by atoms with Crippen LogP contribution in [0.3, 0.4) is 0 Å². The molecule has 0 radical (unpaired) electrons. The van der Waals surface area contributed by atoms with Gasteiger partial charge in [-0.1, -0.05) is 36.4 Å². The Balaban J connectivity index is 1.76. The van der Waals surface area contributed by atoms with Crippen LogP contribution >= 0.6 is 15.9 Å². The zero-order valence-corrected chi connectivity index (χ0v) is 12.4. The van der Waals surface area contributed by atoms with Gasteiger partial charge < -0.3 is 0 Å². The summed E-state index contributed by atoms with van der Waals surface area (Å²) in [5.74, 6) is 0. The highest BCUT2D eigenvalue weighted by Crippen LogP contribution is 2.33. The van der Waals surface area contributed by atoms with E-state index in [9.17, 15) is 0 Å². The van der Waals surface area contributed by atoms with E-state index in [0.29, 0.717) is 6.04 Å². The Bertz CT molecular complexity index is 524. The van der Waals surface area contributed by atoms with Gasteiger partial charge in [-0.3, -0.25) is 4.90 Å². The second-order valence-electron chi connectivity index (χ2n) is 5.03. The summed E-state index contributed by atoms with van der Waals surface area (Å²) in [5, 5.41) is 0. The van der Waals surface area contributed by atoms with Crippen LogP contribution in [0.5, 0.6) is 0 Å². The van der Waals surface area contributed by atoms with Crippen molar-refractivity contribution >= 4 is 15.9 Å². The highest BCUT2D eigenvalue weighted by Gasteiger charge is 2.25. The van der Waals surface area contributed by atoms with Crippen molar-refractivity contribution in [3.8, 4) is 0 Å². The van der Waals surface area contributed by atoms with Gasteiger partial charge in [-0.05, 0) is 52.5 Å². The smallest absolute Gasteiger partial charge is 0.106 e. The lowest BCUT2D eigenvalue weighted by atomic mass is 10.1. The third kappa shape index (κ3) is 3.04. The molecule has 0 unspecified atom stereocenters. The van der Waals surface area contributed by atoms with Crippen LogP contribution in [-0.2, 0) is 6.54 Å². The summed E-state index contributed by atoms with van der Waals surface area (Å²) in [6.45, 7) is 2.21. The Hall–Kier alpha value is -1.19. The van der Waals surface area contributed by atoms with E-state index >= 15 is 0 Å². The Morgan fingerprint density at radius 1 is 1.16 bits per heavy atom. The fourth-order valence-corrected chi connectivity index (χ4v) is 3.03. The molecule has 3 rings (SSSR count). The zero-order valence-electron chi connectivity index (χ0n) is 10.8. The van der Waals surface area contributed by atoms with E-state index in [0.717, 1.165) is 11.1 Å². The highest BCUT2D eigenvalue weighted by molar-refractivity contribution is 9.10. The van der Waals surface area contributed by atoms with Gasteiger partial charge in [0.1, 0.15) is 4.60 Å². The maximum Gasteiger partial charge on any atom is 0.106 e. The van der Waals surface area contributed by atoms with Crippen LogP contribution in [-0.4, -0.2) is 16.4 Å². The predicted molar refractivity (Wildman–Crippen MR) is 80.8 cm³/mol. The van der Waals surface area contributed by atoms with Crippen LogP contribution < -0.4 is 0 Å². The molecule has 2 aromatic rings. The van der Waals surface area contributed by atoms with Crippen LogP contribution in [0.15, 0.2) is 53.3 Å². The molecule has 0 aliphatic carbocycles. The van der Waals surface area contributed by atoms with Crippen molar-refractivity contribution in [3.05, 3.63) is 64.4 Å². The monoisotopic (exact) mass is 316 g/mol. The lowest BCUT2D eigenvalue weighted by Crippen LogP contribution is -2.22. The highest BCUT2D eigenvalue weighted by atomic mass is 79.9. The summed E-state index contributed by atoms with van der Waals surface area (Å²) in [7, 11) is 0. The molecular formula is C16H17BrN2. The van der Waals surface area contributed by atoms with Gasteiger partial charge in [0, 0.05) is 18.8 Å². The number of benzene rings is 1. The first-order valence-corrected chi connectivity index (χ1v) is 7.51. The fourth-order valence-electron chi connectivity index (χ4n) is 2.80. The number of nitrogens with zero attached hydrogens (tertiary/aromatic N) is 2. The first-order valence-electron chi connectivity index (χ1n) is 6.72. The van der Waals surface area contributed by atoms with Crippen molar-refractivity contribution in [1.29, 1.82) is 0 Å². The molecule has 2 heterocycles. The maximum absolute atomic E-state index is 4.36. The summed E-state index contributed by atoms with van der Waals surface area (Å²) in [6, 6.07) is 15.4. The largest absolute Gasteiger partial charge is 0.292 e. The molecular weight excluding hydrogens is 300 g/mol. The Morgan fingerprint density at radius 3 is 2.74 bits per heavy atom. The predicted octanol–water partition coefficient (Wildman–Crippen LogP) is 4.18. The van der Waals surface area contributed by atoms with E-state index in [1.54, 1.807) is 0 Å². The number of rotatable bonds is 3. The van der Waals surface area contributed by atoms with Crippen molar-refractivity contribution in [3.63, 3.8) is 0 Å². The minimum absolute atomic E-state index is 0.515. The van der Waals surface area contributed by atoms with E-state index in [-0.39, 0.29) is 0 Å². The molecule has 0 spiro atoms. The standard InChI is InChI=1S/C16H17BrN2/c17-16-9-8-14(11-18-16)15-7-4-10-19(15)12-13-5-2-1-3-6-13/h1-3,5-6,8-9,11,15H,4,7,10,12H2/t15-/m1/s1. The van der Waals surface area contributed by atoms with E-state index in [1.165, 1.54) is 30.5 Å². The van der Waals surface area contributed by atoms with E-state index in [2.05, 4.69) is 62.2 Å². The number of halogens is 1. The Morgan fingerprint density at radius 2 is 2.00 bits per heavy atom. The van der Waals surface area contributed by atoms with Gasteiger partial charge in [0.15, 0.2) is 0 Å². The number of hydrogen-bond donors (Lipinski definition) is 0. The number of pyridine rings is 1. The number of aromatic nitrogens is 1. The zero-order chi connectivity index (χ0) is 13.1. The van der Waals surface area contributed by atoms with Gasteiger partial charge >= 0.3 is 0 Å². The molecule has 1 fully saturated rings. The van der Waals surface area contributed by atoms with Gasteiger partial charge in [-0.2, -0.15) is 0 Å². The van der Waals surface area contributed by atoms with Crippen LogP contribution in [0.2, 0.25) is 0 Å². The van der Waals surface area contributed by atoms with Crippen molar-refractivity contribution in [1.82, 2.24) is 9.88 Å². The third-order valence-corrected chi connectivity index (χ3v) is 4.20. The van der Waals surface area contributed by atoms with Gasteiger partial charge in [0.2, 0.25) is 0 Å². The second-order valence-corrected chi connectivity index (χ2v) is 5.84. The molecule has 0 N–H and O–H groups in total. The first kappa shape index (κ1) is 12.8. The van der Waals surface area contributed by atoms with Crippen LogP contribution in [0, 0.1) is 0 Å². The Kier molecular flexibility index (Phi) is 3.95. The first-order chi connectivity index (χ1) is 9.33. The van der Waals surface area contributed by atoms with Crippen LogP contribution in [0.25, 0.3) is 0 Å². The van der Waals surface area contributed by atoms with E-state index < -0.39 is 0 Å². The quantitative estimate of drug-likeness (QED) is 0.790. The van der Waals surface area contributed by atoms with Gasteiger partial charge in [-0.25, -0.2) is 4.98 Å². The van der Waals surface area contributed by atoms with Crippen molar-refractivity contribution in [2.75, 3.05) is 6.54 Å². The molecule has 1 aromatic heterocycles. The van der Waals surface area contributed by atoms with E-state index in [4.69, 9.17) is 0 Å². The summed E-state index contributed by atoms with van der Waals surface area (Å²) >= 11 is 3.40. The topological polar surface area (TPSA) is 16.1 Å². The van der Waals surface area contributed by atoms with Crippen molar-refractivity contribution in [2.24, 2.45) is 0 Å². The molecule has 1 atom stereocenters. The molecule has 1 aliphatic rings. The van der Waals surface area contributed by atoms with Crippen LogP contribution in [0.4, 0.5) is 0 Å². The minimum atomic E-state index is 0.515. The second kappa shape index (κ2) is 5.85. The molecule has 3 heteroatoms. The van der Waals surface area contributed by atoms with Crippen molar-refractivity contribution in [2.45, 2.75) is 25.4 Å². The minimum Gasteiger partial charge on any atom is -0.292 e. The molecule has 98 valence electrons. The molecule has 0 amide bonds. The molecule has 1 saturated heterocycles. The normalized spacial score (nSPS) is 19.7. The van der Waals surface area contributed by atoms with Gasteiger partial charge in [0.05, 0.1) is 0 Å². The molecule has 0 saturated carbocycles. The fraction of sp³-hybridized carbons (Fsp3) is 0.312. The average Bonchev–Trinajstić information content (AvgIpc) is 2.89. The average molecular weight is 317 g/mol. The molecule has 1 aliphatic heterocycles. The summed E-state index contributed by atoms with van der Waals surface area (Å²) in [5.41, 5.74) is 2.72. The maximum atomic E-state index is 4.36. The molecule has 2 nitrogen and oxygen atoms in total. The van der Waals surface area contributed by atoms with Gasteiger partial charge in [0.25, 0.3) is 0 Å². The van der Waals surface area contributed by atoms with Crippen LogP contribution in [0.1, 0.15) is 30.0 Å². The summed E-state index contributed by atoms with van der Waals surface area (Å²) in [4.78, 5) is 6.91. The van der Waals surface area contributed by atoms with Crippen molar-refractivity contribution < 1.29 is 0 Å². The van der Waals surface area contributed by atoms with Gasteiger partial charge in [-0.15, -0.1) is 0 Å². The number of likely N-dealkylation sites (tertiary alicyclic amines) is 1. The number of hydrogen-bond acceptors (Lipinski definition) is 2. The molecule has 0 bridgehead atoms. The lowest BCUT2D eigenvalue weighted by Gasteiger charge is -2.24. The summed E-state index contributed by atoms with van der Waals surface area (Å²) in [6.07, 6.45) is 4.50. The lowest BCUT2D eigenvalue weighted by molar-refractivity contribution is 0.248. The summed E-state index contributed by atoms with van der Waals surface area (Å²) < 4.78 is 0.906. The van der Waals surface area contributed by atoms with E-state index in [1.807, 2.05) is 12.3 Å². The SMILES string of the molecule is Brc1ccc([C@H]2CCCN2Cc2ccccc2)cn1. The molecule has 1 aromatic carbocycles. The Labute approximate surface area is 122 Å². The molecule has 19 heavy (non-hydrogen) atoms. The third-order valence-electron chi connectivity index (χ3n) is 3.73.